The molecule has 4 nitrogen and oxygen atoms in total. The maximum absolute atomic E-state index is 12.0. The van der Waals surface area contributed by atoms with Crippen molar-refractivity contribution in [3.8, 4) is 5.75 Å². The summed E-state index contributed by atoms with van der Waals surface area (Å²) in [5.41, 5.74) is 1.25. The van der Waals surface area contributed by atoms with Gasteiger partial charge < -0.3 is 10.1 Å². The molecule has 4 heteroatoms. The van der Waals surface area contributed by atoms with Gasteiger partial charge in [0, 0.05) is 13.0 Å². The summed E-state index contributed by atoms with van der Waals surface area (Å²) in [6.07, 6.45) is 6.46. The van der Waals surface area contributed by atoms with Crippen molar-refractivity contribution in [2.45, 2.75) is 51.5 Å². The number of rotatable bonds is 8. The lowest BCUT2D eigenvalue weighted by molar-refractivity contribution is -0.121. The summed E-state index contributed by atoms with van der Waals surface area (Å²) >= 11 is 0. The predicted octanol–water partition coefficient (Wildman–Crippen LogP) is 3.53. The molecule has 2 rings (SSSR count). The lowest BCUT2D eigenvalue weighted by Crippen LogP contribution is -2.40. The van der Waals surface area contributed by atoms with Gasteiger partial charge in [0.05, 0.1) is 13.2 Å². The standard InChI is InChI=1S/C19H30N2O2/c1-3-4-8-19(22)20-15-18(21-13-6-5-7-14-21)16-9-11-17(23-2)12-10-16/h9-12,18H,3-8,13-15H2,1-2H3,(H,20,22). The number of piperidine rings is 1. The molecular formula is C19H30N2O2. The van der Waals surface area contributed by atoms with Crippen LogP contribution in [0.4, 0.5) is 0 Å². The first-order valence-electron chi connectivity index (χ1n) is 8.89. The lowest BCUT2D eigenvalue weighted by atomic mass is 10.0. The number of nitrogens with one attached hydrogen (secondary N) is 1. The molecule has 1 atom stereocenters. The second kappa shape index (κ2) is 9.56. The Kier molecular flexibility index (Phi) is 7.40. The zero-order valence-corrected chi connectivity index (χ0v) is 14.5. The Balaban J connectivity index is 2.02. The van der Waals surface area contributed by atoms with Gasteiger partial charge in [-0.3, -0.25) is 9.69 Å². The van der Waals surface area contributed by atoms with Crippen molar-refractivity contribution in [3.63, 3.8) is 0 Å². The van der Waals surface area contributed by atoms with Crippen LogP contribution in [0.2, 0.25) is 0 Å². The van der Waals surface area contributed by atoms with Gasteiger partial charge in [0.2, 0.25) is 5.91 Å². The molecule has 1 aliphatic rings. The molecule has 23 heavy (non-hydrogen) atoms. The highest BCUT2D eigenvalue weighted by Gasteiger charge is 2.22. The molecule has 1 aromatic carbocycles. The molecule has 1 unspecified atom stereocenters. The van der Waals surface area contributed by atoms with Crippen LogP contribution in [-0.2, 0) is 4.79 Å². The van der Waals surface area contributed by atoms with Crippen LogP contribution in [0.5, 0.6) is 5.75 Å². The Bertz CT molecular complexity index is 467. The van der Waals surface area contributed by atoms with E-state index in [0.29, 0.717) is 13.0 Å². The van der Waals surface area contributed by atoms with Crippen LogP contribution in [0.3, 0.4) is 0 Å². The number of hydrogen-bond donors (Lipinski definition) is 1. The van der Waals surface area contributed by atoms with Gasteiger partial charge in [-0.05, 0) is 50.0 Å². The van der Waals surface area contributed by atoms with Gasteiger partial charge >= 0.3 is 0 Å². The van der Waals surface area contributed by atoms with E-state index in [1.165, 1.54) is 24.8 Å². The zero-order valence-electron chi connectivity index (χ0n) is 14.5. The Morgan fingerprint density at radius 2 is 1.91 bits per heavy atom. The molecule has 0 saturated carbocycles. The van der Waals surface area contributed by atoms with Crippen LogP contribution in [0.15, 0.2) is 24.3 Å². The number of carbonyl (C=O) groups excluding carboxylic acids is 1. The fourth-order valence-electron chi connectivity index (χ4n) is 3.15. The highest BCUT2D eigenvalue weighted by Crippen LogP contribution is 2.25. The molecule has 0 spiro atoms. The quantitative estimate of drug-likeness (QED) is 0.797. The third-order valence-electron chi connectivity index (χ3n) is 4.58. The second-order valence-electron chi connectivity index (χ2n) is 6.29. The highest BCUT2D eigenvalue weighted by atomic mass is 16.5. The van der Waals surface area contributed by atoms with E-state index in [2.05, 4.69) is 29.3 Å². The van der Waals surface area contributed by atoms with E-state index in [9.17, 15) is 4.79 Å². The van der Waals surface area contributed by atoms with Gasteiger partial charge in [-0.25, -0.2) is 0 Å². The molecule has 1 N–H and O–H groups in total. The molecule has 0 aromatic heterocycles. The third-order valence-corrected chi connectivity index (χ3v) is 4.58. The van der Waals surface area contributed by atoms with Crippen molar-refractivity contribution in [1.29, 1.82) is 0 Å². The van der Waals surface area contributed by atoms with Gasteiger partial charge in [0.15, 0.2) is 0 Å². The molecule has 1 aliphatic heterocycles. The van der Waals surface area contributed by atoms with Crippen molar-refractivity contribution < 1.29 is 9.53 Å². The molecular weight excluding hydrogens is 288 g/mol. The number of carbonyl (C=O) groups is 1. The van der Waals surface area contributed by atoms with Crippen molar-refractivity contribution in [1.82, 2.24) is 10.2 Å². The largest absolute Gasteiger partial charge is 0.497 e. The number of hydrogen-bond acceptors (Lipinski definition) is 3. The first kappa shape index (κ1) is 17.8. The first-order chi connectivity index (χ1) is 11.2. The van der Waals surface area contributed by atoms with Crippen LogP contribution in [0.25, 0.3) is 0 Å². The maximum atomic E-state index is 12.0. The Labute approximate surface area is 140 Å². The molecule has 0 bridgehead atoms. The van der Waals surface area contributed by atoms with Gasteiger partial charge in [0.25, 0.3) is 0 Å². The smallest absolute Gasteiger partial charge is 0.220 e. The van der Waals surface area contributed by atoms with Crippen LogP contribution >= 0.6 is 0 Å². The van der Waals surface area contributed by atoms with Crippen LogP contribution in [0, 0.1) is 0 Å². The van der Waals surface area contributed by atoms with Crippen LogP contribution in [0.1, 0.15) is 57.1 Å². The monoisotopic (exact) mass is 318 g/mol. The van der Waals surface area contributed by atoms with E-state index in [1.54, 1.807) is 7.11 Å². The summed E-state index contributed by atoms with van der Waals surface area (Å²) in [7, 11) is 1.69. The highest BCUT2D eigenvalue weighted by molar-refractivity contribution is 5.75. The van der Waals surface area contributed by atoms with Crippen LogP contribution in [-0.4, -0.2) is 37.6 Å². The normalized spacial score (nSPS) is 16.8. The second-order valence-corrected chi connectivity index (χ2v) is 6.29. The van der Waals surface area contributed by atoms with E-state index in [0.717, 1.165) is 31.7 Å². The molecule has 1 fully saturated rings. The molecule has 1 aromatic rings. The van der Waals surface area contributed by atoms with E-state index in [1.807, 2.05) is 12.1 Å². The Morgan fingerprint density at radius 1 is 1.22 bits per heavy atom. The lowest BCUT2D eigenvalue weighted by Gasteiger charge is -2.35. The number of methoxy groups -OCH3 is 1. The molecule has 0 aliphatic carbocycles. The maximum Gasteiger partial charge on any atom is 0.220 e. The summed E-state index contributed by atoms with van der Waals surface area (Å²) in [5.74, 6) is 1.04. The summed E-state index contributed by atoms with van der Waals surface area (Å²) < 4.78 is 5.25. The number of likely N-dealkylation sites (tertiary alicyclic amines) is 1. The fraction of sp³-hybridized carbons (Fsp3) is 0.632. The molecule has 0 radical (unpaired) electrons. The van der Waals surface area contributed by atoms with Crippen molar-refractivity contribution in [3.05, 3.63) is 29.8 Å². The minimum atomic E-state index is 0.169. The summed E-state index contributed by atoms with van der Waals surface area (Å²) in [5, 5.41) is 3.13. The van der Waals surface area contributed by atoms with Crippen molar-refractivity contribution in [2.75, 3.05) is 26.7 Å². The summed E-state index contributed by atoms with van der Waals surface area (Å²) in [6.45, 7) is 5.03. The predicted molar refractivity (Wildman–Crippen MR) is 93.7 cm³/mol. The molecule has 1 saturated heterocycles. The molecule has 1 heterocycles. The average molecular weight is 318 g/mol. The fourth-order valence-corrected chi connectivity index (χ4v) is 3.15. The topological polar surface area (TPSA) is 41.6 Å². The zero-order chi connectivity index (χ0) is 16.5. The van der Waals surface area contributed by atoms with Crippen LogP contribution < -0.4 is 10.1 Å². The SMILES string of the molecule is CCCCC(=O)NCC(c1ccc(OC)cc1)N1CCCCC1. The van der Waals surface area contributed by atoms with E-state index >= 15 is 0 Å². The van der Waals surface area contributed by atoms with E-state index < -0.39 is 0 Å². The third kappa shape index (κ3) is 5.54. The average Bonchev–Trinajstić information content (AvgIpc) is 2.61. The van der Waals surface area contributed by atoms with E-state index in [4.69, 9.17) is 4.74 Å². The number of ether oxygens (including phenoxy) is 1. The van der Waals surface area contributed by atoms with Gasteiger partial charge in [-0.1, -0.05) is 31.9 Å². The van der Waals surface area contributed by atoms with Gasteiger partial charge in [-0.15, -0.1) is 0 Å². The Morgan fingerprint density at radius 3 is 2.52 bits per heavy atom. The molecule has 1 amide bonds. The van der Waals surface area contributed by atoms with Gasteiger partial charge in [0.1, 0.15) is 5.75 Å². The molecule has 128 valence electrons. The summed E-state index contributed by atoms with van der Waals surface area (Å²) in [4.78, 5) is 14.5. The van der Waals surface area contributed by atoms with Crippen molar-refractivity contribution >= 4 is 5.91 Å². The number of nitrogens with zero attached hydrogens (tertiary/aromatic N) is 1. The summed E-state index contributed by atoms with van der Waals surface area (Å²) in [6, 6.07) is 8.51. The minimum absolute atomic E-state index is 0.169. The first-order valence-corrected chi connectivity index (χ1v) is 8.89. The number of benzene rings is 1. The van der Waals surface area contributed by atoms with Crippen molar-refractivity contribution in [2.24, 2.45) is 0 Å². The van der Waals surface area contributed by atoms with E-state index in [-0.39, 0.29) is 11.9 Å². The Hall–Kier alpha value is -1.55. The number of unbranched alkanes of at least 4 members (excludes halogenated alkanes) is 1. The minimum Gasteiger partial charge on any atom is -0.497 e. The number of amides is 1. The van der Waals surface area contributed by atoms with Gasteiger partial charge in [-0.2, -0.15) is 0 Å².